The second-order valence-corrected chi connectivity index (χ2v) is 5.67. The molecule has 102 valence electrons. The Hall–Kier alpha value is -0.120. The van der Waals surface area contributed by atoms with Gasteiger partial charge in [-0.05, 0) is 25.8 Å². The first kappa shape index (κ1) is 14.9. The minimum atomic E-state index is 0.0659. The molecule has 0 amide bonds. The normalized spacial score (nSPS) is 31.8. The van der Waals surface area contributed by atoms with Crippen LogP contribution < -0.4 is 5.73 Å². The maximum atomic E-state index is 6.10. The molecule has 3 nitrogen and oxygen atoms in total. The highest BCUT2D eigenvalue weighted by Gasteiger charge is 2.43. The summed E-state index contributed by atoms with van der Waals surface area (Å²) >= 11 is 0. The molecule has 0 radical (unpaired) electrons. The average molecular weight is 242 g/mol. The van der Waals surface area contributed by atoms with Gasteiger partial charge in [0.25, 0.3) is 0 Å². The molecule has 0 spiro atoms. The van der Waals surface area contributed by atoms with Crippen LogP contribution in [-0.2, 0) is 4.74 Å². The summed E-state index contributed by atoms with van der Waals surface area (Å²) in [6, 6.07) is 0. The van der Waals surface area contributed by atoms with Crippen LogP contribution in [0, 0.1) is 5.92 Å². The molecule has 1 saturated carbocycles. The Bertz CT molecular complexity index is 222. The van der Waals surface area contributed by atoms with Crippen LogP contribution in [0.15, 0.2) is 0 Å². The van der Waals surface area contributed by atoms with E-state index in [1.165, 1.54) is 25.7 Å². The summed E-state index contributed by atoms with van der Waals surface area (Å²) in [7, 11) is 4.05. The van der Waals surface area contributed by atoms with Crippen molar-refractivity contribution < 1.29 is 4.74 Å². The minimum Gasteiger partial charge on any atom is -0.379 e. The lowest BCUT2D eigenvalue weighted by Crippen LogP contribution is -2.62. The lowest BCUT2D eigenvalue weighted by atomic mass is 9.77. The van der Waals surface area contributed by atoms with E-state index in [1.54, 1.807) is 0 Å². The van der Waals surface area contributed by atoms with Gasteiger partial charge in [0, 0.05) is 20.2 Å². The third-order valence-corrected chi connectivity index (χ3v) is 4.61. The van der Waals surface area contributed by atoms with Crippen LogP contribution in [0.25, 0.3) is 0 Å². The van der Waals surface area contributed by atoms with Gasteiger partial charge in [-0.15, -0.1) is 0 Å². The smallest absolute Gasteiger partial charge is 0.0767 e. The van der Waals surface area contributed by atoms with Crippen molar-refractivity contribution in [3.05, 3.63) is 0 Å². The molecule has 3 unspecified atom stereocenters. The second kappa shape index (κ2) is 6.72. The minimum absolute atomic E-state index is 0.0659. The van der Waals surface area contributed by atoms with Crippen molar-refractivity contribution in [1.29, 1.82) is 0 Å². The molecule has 0 bridgehead atoms. The lowest BCUT2D eigenvalue weighted by Gasteiger charge is -2.49. The summed E-state index contributed by atoms with van der Waals surface area (Å²) in [6.07, 6.45) is 6.41. The molecule has 1 fully saturated rings. The largest absolute Gasteiger partial charge is 0.379 e. The molecule has 0 aromatic rings. The van der Waals surface area contributed by atoms with Crippen molar-refractivity contribution in [2.45, 2.75) is 57.6 Å². The van der Waals surface area contributed by atoms with Crippen LogP contribution in [-0.4, -0.2) is 43.8 Å². The number of likely N-dealkylation sites (N-methyl/N-ethyl adjacent to an activating group) is 1. The van der Waals surface area contributed by atoms with Gasteiger partial charge in [0.05, 0.1) is 11.6 Å². The summed E-state index contributed by atoms with van der Waals surface area (Å²) in [5.74, 6) is 0.725. The van der Waals surface area contributed by atoms with Crippen molar-refractivity contribution in [3.63, 3.8) is 0 Å². The molecule has 17 heavy (non-hydrogen) atoms. The predicted molar refractivity (Wildman–Crippen MR) is 73.1 cm³/mol. The second-order valence-electron chi connectivity index (χ2n) is 5.67. The standard InChI is InChI=1S/C14H30N2O/c1-5-12(2)10-16(3)14(11-15)9-7-6-8-13(14)17-4/h12-13H,5-11,15H2,1-4H3. The fraction of sp³-hybridized carbons (Fsp3) is 1.00. The summed E-state index contributed by atoms with van der Waals surface area (Å²) in [5, 5.41) is 0. The van der Waals surface area contributed by atoms with E-state index < -0.39 is 0 Å². The number of methoxy groups -OCH3 is 1. The average Bonchev–Trinajstić information content (AvgIpc) is 2.37. The molecule has 1 aliphatic carbocycles. The molecule has 3 atom stereocenters. The van der Waals surface area contributed by atoms with Crippen LogP contribution in [0.2, 0.25) is 0 Å². The maximum Gasteiger partial charge on any atom is 0.0767 e. The van der Waals surface area contributed by atoms with E-state index in [0.29, 0.717) is 12.6 Å². The molecule has 2 N–H and O–H groups in total. The van der Waals surface area contributed by atoms with E-state index in [4.69, 9.17) is 10.5 Å². The number of ether oxygens (including phenoxy) is 1. The van der Waals surface area contributed by atoms with Crippen LogP contribution in [0.3, 0.4) is 0 Å². The fourth-order valence-corrected chi connectivity index (χ4v) is 3.13. The highest BCUT2D eigenvalue weighted by atomic mass is 16.5. The molecular weight excluding hydrogens is 212 g/mol. The van der Waals surface area contributed by atoms with Crippen LogP contribution in [0.1, 0.15) is 46.0 Å². The third kappa shape index (κ3) is 3.21. The number of hydrogen-bond acceptors (Lipinski definition) is 3. The summed E-state index contributed by atoms with van der Waals surface area (Å²) in [4.78, 5) is 2.47. The van der Waals surface area contributed by atoms with Gasteiger partial charge in [-0.2, -0.15) is 0 Å². The Morgan fingerprint density at radius 1 is 1.47 bits per heavy atom. The van der Waals surface area contributed by atoms with Crippen molar-refractivity contribution >= 4 is 0 Å². The Morgan fingerprint density at radius 2 is 2.18 bits per heavy atom. The van der Waals surface area contributed by atoms with E-state index in [2.05, 4.69) is 25.8 Å². The van der Waals surface area contributed by atoms with E-state index in [9.17, 15) is 0 Å². The van der Waals surface area contributed by atoms with Gasteiger partial charge in [-0.25, -0.2) is 0 Å². The fourth-order valence-electron chi connectivity index (χ4n) is 3.13. The van der Waals surface area contributed by atoms with Crippen molar-refractivity contribution in [1.82, 2.24) is 4.90 Å². The van der Waals surface area contributed by atoms with Gasteiger partial charge >= 0.3 is 0 Å². The molecule has 0 aliphatic heterocycles. The van der Waals surface area contributed by atoms with E-state index in [0.717, 1.165) is 18.9 Å². The molecule has 3 heteroatoms. The molecule has 0 saturated heterocycles. The first-order chi connectivity index (χ1) is 8.10. The monoisotopic (exact) mass is 242 g/mol. The van der Waals surface area contributed by atoms with Crippen LogP contribution in [0.4, 0.5) is 0 Å². The molecular formula is C14H30N2O. The molecule has 1 aliphatic rings. The van der Waals surface area contributed by atoms with Crippen molar-refractivity contribution in [2.75, 3.05) is 27.2 Å². The Kier molecular flexibility index (Phi) is 5.90. The van der Waals surface area contributed by atoms with Crippen molar-refractivity contribution in [3.8, 4) is 0 Å². The van der Waals surface area contributed by atoms with Gasteiger partial charge in [-0.1, -0.05) is 33.1 Å². The highest BCUT2D eigenvalue weighted by molar-refractivity contribution is 5.00. The summed E-state index contributed by atoms with van der Waals surface area (Å²) in [6.45, 7) is 6.39. The molecule has 0 heterocycles. The Labute approximate surface area is 107 Å². The first-order valence-corrected chi connectivity index (χ1v) is 7.04. The quantitative estimate of drug-likeness (QED) is 0.776. The van der Waals surface area contributed by atoms with Gasteiger partial charge in [-0.3, -0.25) is 4.90 Å². The number of hydrogen-bond donors (Lipinski definition) is 1. The predicted octanol–water partition coefficient (Wildman–Crippen LogP) is 2.25. The first-order valence-electron chi connectivity index (χ1n) is 7.04. The molecule has 0 aromatic heterocycles. The lowest BCUT2D eigenvalue weighted by molar-refractivity contribution is -0.0694. The Balaban J connectivity index is 2.76. The van der Waals surface area contributed by atoms with E-state index in [1.807, 2.05) is 7.11 Å². The SMILES string of the molecule is CCC(C)CN(C)C1(CN)CCCCC1OC. The summed E-state index contributed by atoms with van der Waals surface area (Å²) in [5.41, 5.74) is 6.17. The number of nitrogens with zero attached hydrogens (tertiary/aromatic N) is 1. The van der Waals surface area contributed by atoms with Gasteiger partial charge in [0.15, 0.2) is 0 Å². The van der Waals surface area contributed by atoms with Gasteiger partial charge in [0.2, 0.25) is 0 Å². The van der Waals surface area contributed by atoms with Crippen LogP contribution in [0.5, 0.6) is 0 Å². The highest BCUT2D eigenvalue weighted by Crippen LogP contribution is 2.34. The molecule has 1 rings (SSSR count). The zero-order chi connectivity index (χ0) is 12.9. The van der Waals surface area contributed by atoms with E-state index in [-0.39, 0.29) is 5.54 Å². The van der Waals surface area contributed by atoms with Gasteiger partial charge < -0.3 is 10.5 Å². The molecule has 0 aromatic carbocycles. The third-order valence-electron chi connectivity index (χ3n) is 4.61. The van der Waals surface area contributed by atoms with Crippen molar-refractivity contribution in [2.24, 2.45) is 11.7 Å². The topological polar surface area (TPSA) is 38.5 Å². The summed E-state index contributed by atoms with van der Waals surface area (Å²) < 4.78 is 5.71. The number of nitrogens with two attached hydrogens (primary N) is 1. The maximum absolute atomic E-state index is 6.10. The zero-order valence-corrected chi connectivity index (χ0v) is 12.0. The zero-order valence-electron chi connectivity index (χ0n) is 12.0. The van der Waals surface area contributed by atoms with Gasteiger partial charge in [0.1, 0.15) is 0 Å². The van der Waals surface area contributed by atoms with E-state index >= 15 is 0 Å². The van der Waals surface area contributed by atoms with Crippen LogP contribution >= 0.6 is 0 Å². The number of rotatable bonds is 6. The Morgan fingerprint density at radius 3 is 2.71 bits per heavy atom.